The smallest absolute Gasteiger partial charge is 0.115 e. The van der Waals surface area contributed by atoms with Gasteiger partial charge < -0.3 is 5.11 Å². The second-order valence-corrected chi connectivity index (χ2v) is 7.93. The van der Waals surface area contributed by atoms with Crippen LogP contribution in [-0.4, -0.2) is 5.11 Å². The van der Waals surface area contributed by atoms with Crippen LogP contribution in [0.25, 0.3) is 5.57 Å². The Morgan fingerprint density at radius 1 is 1.26 bits per heavy atom. The van der Waals surface area contributed by atoms with Crippen molar-refractivity contribution < 1.29 is 5.11 Å². The minimum atomic E-state index is 0.401. The zero-order chi connectivity index (χ0) is 16.0. The van der Waals surface area contributed by atoms with Crippen molar-refractivity contribution in [2.24, 2.45) is 17.3 Å². The summed E-state index contributed by atoms with van der Waals surface area (Å²) < 4.78 is 0. The third kappa shape index (κ3) is 2.28. The van der Waals surface area contributed by atoms with Gasteiger partial charge in [0, 0.05) is 0 Å². The maximum atomic E-state index is 9.77. The molecule has 0 radical (unpaired) electrons. The van der Waals surface area contributed by atoms with E-state index in [0.29, 0.717) is 11.2 Å². The SMILES string of the molecule is CCC/C=C1/CC[C@H]2[C@@H]3CCc4cc(O)ccc4C3=CC[C@]12C. The number of phenols is 1. The van der Waals surface area contributed by atoms with Crippen LogP contribution in [0.5, 0.6) is 5.75 Å². The fourth-order valence-electron chi connectivity index (χ4n) is 5.47. The van der Waals surface area contributed by atoms with Crippen LogP contribution < -0.4 is 0 Å². The fraction of sp³-hybridized carbons (Fsp3) is 0.545. The molecule has 4 rings (SSSR count). The number of unbranched alkanes of at least 4 members (excludes halogenated alkanes) is 1. The number of hydrogen-bond donors (Lipinski definition) is 1. The number of aromatic hydroxyl groups is 1. The molecule has 1 nitrogen and oxygen atoms in total. The molecule has 0 spiro atoms. The van der Waals surface area contributed by atoms with Gasteiger partial charge in [-0.2, -0.15) is 0 Å². The van der Waals surface area contributed by atoms with E-state index in [1.165, 1.54) is 49.7 Å². The van der Waals surface area contributed by atoms with Crippen LogP contribution in [0.15, 0.2) is 35.9 Å². The predicted octanol–water partition coefficient (Wildman–Crippen LogP) is 5.88. The molecule has 1 aromatic carbocycles. The van der Waals surface area contributed by atoms with E-state index in [1.54, 1.807) is 11.1 Å². The average molecular weight is 308 g/mol. The maximum absolute atomic E-state index is 9.77. The van der Waals surface area contributed by atoms with Gasteiger partial charge in [-0.05, 0) is 84.6 Å². The normalized spacial score (nSPS) is 33.8. The first-order chi connectivity index (χ1) is 11.1. The van der Waals surface area contributed by atoms with Gasteiger partial charge in [-0.3, -0.25) is 0 Å². The van der Waals surface area contributed by atoms with Gasteiger partial charge >= 0.3 is 0 Å². The number of hydrogen-bond acceptors (Lipinski definition) is 1. The Balaban J connectivity index is 1.72. The van der Waals surface area contributed by atoms with E-state index >= 15 is 0 Å². The number of aryl methyl sites for hydroxylation is 1. The zero-order valence-electron chi connectivity index (χ0n) is 14.4. The topological polar surface area (TPSA) is 20.2 Å². The standard InChI is InChI=1S/C22H28O/c1-3-4-5-16-7-11-21-20-9-6-15-14-17(23)8-10-18(15)19(20)12-13-22(16,21)2/h5,8,10,12,14,20-21,23H,3-4,6-7,9,11,13H2,1-2H3/b16-5-/t20-,21+,22-/m1/s1. The molecule has 0 aliphatic heterocycles. The molecule has 1 heteroatoms. The summed E-state index contributed by atoms with van der Waals surface area (Å²) in [6, 6.07) is 5.98. The number of phenolic OH excluding ortho intramolecular Hbond substituents is 1. The van der Waals surface area contributed by atoms with Gasteiger partial charge in [0.1, 0.15) is 5.75 Å². The third-order valence-corrected chi connectivity index (χ3v) is 6.71. The van der Waals surface area contributed by atoms with E-state index in [-0.39, 0.29) is 0 Å². The molecule has 1 fully saturated rings. The number of fused-ring (bicyclic) bond motifs is 5. The maximum Gasteiger partial charge on any atom is 0.115 e. The monoisotopic (exact) mass is 308 g/mol. The number of benzene rings is 1. The highest BCUT2D eigenvalue weighted by molar-refractivity contribution is 5.74. The van der Waals surface area contributed by atoms with E-state index in [0.717, 1.165) is 18.3 Å². The Bertz CT molecular complexity index is 681. The molecule has 3 aliphatic rings. The van der Waals surface area contributed by atoms with Gasteiger partial charge in [0.05, 0.1) is 0 Å². The first-order valence-corrected chi connectivity index (χ1v) is 9.35. The molecule has 1 N–H and O–H groups in total. The number of rotatable bonds is 2. The first kappa shape index (κ1) is 15.1. The Hall–Kier alpha value is -1.50. The van der Waals surface area contributed by atoms with Gasteiger partial charge in [-0.15, -0.1) is 0 Å². The van der Waals surface area contributed by atoms with Crippen LogP contribution >= 0.6 is 0 Å². The highest BCUT2D eigenvalue weighted by Gasteiger charge is 2.49. The summed E-state index contributed by atoms with van der Waals surface area (Å²) in [4.78, 5) is 0. The molecule has 1 saturated carbocycles. The summed E-state index contributed by atoms with van der Waals surface area (Å²) in [5.41, 5.74) is 6.46. The van der Waals surface area contributed by atoms with E-state index in [1.807, 2.05) is 12.1 Å². The van der Waals surface area contributed by atoms with Gasteiger partial charge in [0.2, 0.25) is 0 Å². The lowest BCUT2D eigenvalue weighted by molar-refractivity contribution is 0.200. The first-order valence-electron chi connectivity index (χ1n) is 9.35. The Kier molecular flexibility index (Phi) is 3.63. The molecule has 0 amide bonds. The van der Waals surface area contributed by atoms with Crippen LogP contribution in [-0.2, 0) is 6.42 Å². The summed E-state index contributed by atoms with van der Waals surface area (Å²) in [5.74, 6) is 1.94. The lowest BCUT2D eigenvalue weighted by Gasteiger charge is -2.45. The fourth-order valence-corrected chi connectivity index (χ4v) is 5.47. The van der Waals surface area contributed by atoms with Crippen LogP contribution in [0.2, 0.25) is 0 Å². The van der Waals surface area contributed by atoms with E-state index in [4.69, 9.17) is 0 Å². The van der Waals surface area contributed by atoms with Gasteiger partial charge in [0.15, 0.2) is 0 Å². The quantitative estimate of drug-likeness (QED) is 0.676. The van der Waals surface area contributed by atoms with Crippen molar-refractivity contribution in [3.63, 3.8) is 0 Å². The van der Waals surface area contributed by atoms with Crippen molar-refractivity contribution >= 4 is 5.57 Å². The molecule has 0 aromatic heterocycles. The van der Waals surface area contributed by atoms with E-state index in [2.05, 4.69) is 32.1 Å². The lowest BCUT2D eigenvalue weighted by atomic mass is 9.59. The summed E-state index contributed by atoms with van der Waals surface area (Å²) in [6.07, 6.45) is 13.8. The minimum Gasteiger partial charge on any atom is -0.508 e. The zero-order valence-corrected chi connectivity index (χ0v) is 14.4. The molecule has 0 unspecified atom stereocenters. The van der Waals surface area contributed by atoms with Crippen molar-refractivity contribution in [3.8, 4) is 5.75 Å². The van der Waals surface area contributed by atoms with Crippen molar-refractivity contribution in [2.45, 2.75) is 58.8 Å². The van der Waals surface area contributed by atoms with Gasteiger partial charge in [-0.25, -0.2) is 0 Å². The van der Waals surface area contributed by atoms with Crippen molar-refractivity contribution in [2.75, 3.05) is 0 Å². The van der Waals surface area contributed by atoms with Crippen molar-refractivity contribution in [3.05, 3.63) is 47.1 Å². The second-order valence-electron chi connectivity index (χ2n) is 7.93. The summed E-state index contributed by atoms with van der Waals surface area (Å²) in [6.45, 7) is 4.80. The van der Waals surface area contributed by atoms with E-state index in [9.17, 15) is 5.11 Å². The Labute approximate surface area is 140 Å². The van der Waals surface area contributed by atoms with E-state index < -0.39 is 0 Å². The van der Waals surface area contributed by atoms with Gasteiger partial charge in [0.25, 0.3) is 0 Å². The molecular formula is C22H28O. The molecule has 0 heterocycles. The second kappa shape index (κ2) is 5.54. The lowest BCUT2D eigenvalue weighted by Crippen LogP contribution is -2.35. The largest absolute Gasteiger partial charge is 0.508 e. The highest BCUT2D eigenvalue weighted by Crippen LogP contribution is 2.60. The third-order valence-electron chi connectivity index (χ3n) is 6.71. The highest BCUT2D eigenvalue weighted by atomic mass is 16.3. The molecular weight excluding hydrogens is 280 g/mol. The summed E-state index contributed by atoms with van der Waals surface area (Å²) >= 11 is 0. The molecule has 3 aliphatic carbocycles. The molecule has 122 valence electrons. The summed E-state index contributed by atoms with van der Waals surface area (Å²) in [7, 11) is 0. The van der Waals surface area contributed by atoms with Crippen LogP contribution in [0.4, 0.5) is 0 Å². The molecule has 23 heavy (non-hydrogen) atoms. The average Bonchev–Trinajstić information content (AvgIpc) is 2.89. The molecule has 3 atom stereocenters. The molecule has 1 aromatic rings. The van der Waals surface area contributed by atoms with Crippen molar-refractivity contribution in [1.29, 1.82) is 0 Å². The molecule has 0 bridgehead atoms. The molecule has 0 saturated heterocycles. The van der Waals surface area contributed by atoms with Crippen molar-refractivity contribution in [1.82, 2.24) is 0 Å². The number of allylic oxidation sites excluding steroid dienone is 4. The van der Waals surface area contributed by atoms with Crippen LogP contribution in [0, 0.1) is 17.3 Å². The van der Waals surface area contributed by atoms with Crippen LogP contribution in [0.3, 0.4) is 0 Å². The Morgan fingerprint density at radius 2 is 2.13 bits per heavy atom. The van der Waals surface area contributed by atoms with Gasteiger partial charge in [-0.1, -0.05) is 44.1 Å². The summed E-state index contributed by atoms with van der Waals surface area (Å²) in [5, 5.41) is 9.77. The Morgan fingerprint density at radius 3 is 2.96 bits per heavy atom. The predicted molar refractivity (Wildman–Crippen MR) is 96.3 cm³/mol. The minimum absolute atomic E-state index is 0.401. The van der Waals surface area contributed by atoms with Crippen LogP contribution in [0.1, 0.15) is 63.5 Å².